The van der Waals surface area contributed by atoms with Crippen LogP contribution in [0.15, 0.2) is 0 Å². The van der Waals surface area contributed by atoms with E-state index in [1.807, 2.05) is 0 Å². The van der Waals surface area contributed by atoms with Crippen LogP contribution in [0.5, 0.6) is 0 Å². The van der Waals surface area contributed by atoms with Gasteiger partial charge in [0.05, 0.1) is 0 Å². The van der Waals surface area contributed by atoms with Gasteiger partial charge >= 0.3 is 0 Å². The van der Waals surface area contributed by atoms with Gasteiger partial charge < -0.3 is 5.32 Å². The Morgan fingerprint density at radius 2 is 1.20 bits per heavy atom. The van der Waals surface area contributed by atoms with Gasteiger partial charge in [-0.2, -0.15) is 23.5 Å². The Balaban J connectivity index is 2.81. The molecular weight excluding hydrogens is 222 g/mol. The smallest absolute Gasteiger partial charge is 0.00581 e. The fraction of sp³-hybridized carbons (Fsp3) is 1.00. The molecule has 0 unspecified atom stereocenters. The van der Waals surface area contributed by atoms with Crippen molar-refractivity contribution in [3.8, 4) is 0 Å². The molecule has 0 aliphatic carbocycles. The summed E-state index contributed by atoms with van der Waals surface area (Å²) in [6, 6.07) is 0. The van der Waals surface area contributed by atoms with Crippen LogP contribution in [0.25, 0.3) is 0 Å². The quantitative estimate of drug-likeness (QED) is 0.530. The summed E-state index contributed by atoms with van der Waals surface area (Å²) in [5, 5.41) is 3.50. The molecule has 0 bridgehead atoms. The number of rotatable bonds is 12. The maximum atomic E-state index is 3.50. The highest BCUT2D eigenvalue weighted by Crippen LogP contribution is 2.04. The lowest BCUT2D eigenvalue weighted by Gasteiger charge is -2.04. The van der Waals surface area contributed by atoms with Crippen molar-refractivity contribution in [2.45, 2.75) is 39.5 Å². The van der Waals surface area contributed by atoms with Crippen molar-refractivity contribution in [2.24, 2.45) is 0 Å². The van der Waals surface area contributed by atoms with Crippen molar-refractivity contribution in [1.29, 1.82) is 0 Å². The topological polar surface area (TPSA) is 12.0 Å². The molecular formula is C12H27NS2. The molecule has 0 aliphatic rings. The van der Waals surface area contributed by atoms with Gasteiger partial charge in [-0.15, -0.1) is 0 Å². The van der Waals surface area contributed by atoms with E-state index in [-0.39, 0.29) is 0 Å². The second kappa shape index (κ2) is 14.7. The van der Waals surface area contributed by atoms with Crippen LogP contribution >= 0.6 is 23.5 Å². The molecule has 0 saturated carbocycles. The van der Waals surface area contributed by atoms with E-state index in [9.17, 15) is 0 Å². The van der Waals surface area contributed by atoms with Gasteiger partial charge in [0.25, 0.3) is 0 Å². The normalized spacial score (nSPS) is 10.8. The summed E-state index contributed by atoms with van der Waals surface area (Å²) in [4.78, 5) is 0. The molecule has 15 heavy (non-hydrogen) atoms. The standard InChI is InChI=1S/C12H27NS2/c1-3-5-9-14-11-7-13-8-12-15-10-6-4-2/h13H,3-12H2,1-2H3. The summed E-state index contributed by atoms with van der Waals surface area (Å²) >= 11 is 4.16. The van der Waals surface area contributed by atoms with Crippen molar-refractivity contribution in [3.63, 3.8) is 0 Å². The van der Waals surface area contributed by atoms with Gasteiger partial charge in [-0.25, -0.2) is 0 Å². The molecule has 0 aromatic rings. The Kier molecular flexibility index (Phi) is 15.3. The highest BCUT2D eigenvalue weighted by molar-refractivity contribution is 7.99. The lowest BCUT2D eigenvalue weighted by molar-refractivity contribution is 0.772. The maximum absolute atomic E-state index is 3.50. The molecule has 1 nitrogen and oxygen atoms in total. The fourth-order valence-electron chi connectivity index (χ4n) is 1.11. The number of thioether (sulfide) groups is 2. The van der Waals surface area contributed by atoms with Crippen molar-refractivity contribution < 1.29 is 0 Å². The summed E-state index contributed by atoms with van der Waals surface area (Å²) < 4.78 is 0. The molecule has 0 atom stereocenters. The summed E-state index contributed by atoms with van der Waals surface area (Å²) in [6.45, 7) is 6.88. The Hall–Kier alpha value is 0.660. The molecule has 0 fully saturated rings. The van der Waals surface area contributed by atoms with Gasteiger partial charge in [-0.3, -0.25) is 0 Å². The molecule has 3 heteroatoms. The van der Waals surface area contributed by atoms with Crippen LogP contribution in [0.4, 0.5) is 0 Å². The zero-order valence-electron chi connectivity index (χ0n) is 10.4. The average molecular weight is 249 g/mol. The summed E-state index contributed by atoms with van der Waals surface area (Å²) in [6.07, 6.45) is 5.40. The first-order valence-corrected chi connectivity index (χ1v) is 8.59. The van der Waals surface area contributed by atoms with Crippen LogP contribution < -0.4 is 5.32 Å². The molecule has 0 aliphatic heterocycles. The molecule has 0 saturated heterocycles. The minimum absolute atomic E-state index is 1.18. The van der Waals surface area contributed by atoms with Crippen molar-refractivity contribution in [3.05, 3.63) is 0 Å². The third kappa shape index (κ3) is 14.7. The second-order valence-electron chi connectivity index (χ2n) is 3.68. The number of hydrogen-bond donors (Lipinski definition) is 1. The molecule has 0 heterocycles. The van der Waals surface area contributed by atoms with E-state index in [0.717, 1.165) is 0 Å². The zero-order valence-corrected chi connectivity index (χ0v) is 12.0. The summed E-state index contributed by atoms with van der Waals surface area (Å²) in [5.41, 5.74) is 0. The lowest BCUT2D eigenvalue weighted by Crippen LogP contribution is -2.20. The Morgan fingerprint density at radius 3 is 1.60 bits per heavy atom. The predicted octanol–water partition coefficient (Wildman–Crippen LogP) is 3.64. The minimum atomic E-state index is 1.18. The van der Waals surface area contributed by atoms with Crippen LogP contribution in [-0.4, -0.2) is 36.1 Å². The minimum Gasteiger partial charge on any atom is -0.315 e. The van der Waals surface area contributed by atoms with Crippen molar-refractivity contribution >= 4 is 23.5 Å². The van der Waals surface area contributed by atoms with Crippen LogP contribution in [0.1, 0.15) is 39.5 Å². The number of hydrogen-bond acceptors (Lipinski definition) is 3. The lowest BCUT2D eigenvalue weighted by atomic mass is 10.4. The van der Waals surface area contributed by atoms with Crippen molar-refractivity contribution in [2.75, 3.05) is 36.1 Å². The maximum Gasteiger partial charge on any atom is 0.00581 e. The molecule has 0 aromatic heterocycles. The monoisotopic (exact) mass is 249 g/mol. The second-order valence-corrected chi connectivity index (χ2v) is 6.13. The van der Waals surface area contributed by atoms with E-state index >= 15 is 0 Å². The SMILES string of the molecule is CCCCSCCNCCSCCCC. The van der Waals surface area contributed by atoms with Gasteiger partial charge in [0.1, 0.15) is 0 Å². The fourth-order valence-corrected chi connectivity index (χ4v) is 3.08. The van der Waals surface area contributed by atoms with Gasteiger partial charge in [-0.1, -0.05) is 26.7 Å². The van der Waals surface area contributed by atoms with Gasteiger partial charge in [-0.05, 0) is 24.3 Å². The molecule has 92 valence electrons. The number of unbranched alkanes of at least 4 members (excludes halogenated alkanes) is 2. The molecule has 1 N–H and O–H groups in total. The Bertz CT molecular complexity index is 97.8. The van der Waals surface area contributed by atoms with Crippen LogP contribution in [-0.2, 0) is 0 Å². The predicted molar refractivity (Wildman–Crippen MR) is 77.3 cm³/mol. The molecule has 0 aromatic carbocycles. The third-order valence-corrected chi connectivity index (χ3v) is 4.27. The van der Waals surface area contributed by atoms with E-state index < -0.39 is 0 Å². The molecule has 0 amide bonds. The van der Waals surface area contributed by atoms with E-state index in [1.54, 1.807) is 0 Å². The van der Waals surface area contributed by atoms with E-state index in [4.69, 9.17) is 0 Å². The molecule has 0 spiro atoms. The average Bonchev–Trinajstić information content (AvgIpc) is 2.26. The summed E-state index contributed by atoms with van der Waals surface area (Å²) in [7, 11) is 0. The van der Waals surface area contributed by atoms with E-state index in [1.165, 1.54) is 61.8 Å². The first-order chi connectivity index (χ1) is 7.41. The van der Waals surface area contributed by atoms with Crippen LogP contribution in [0, 0.1) is 0 Å². The van der Waals surface area contributed by atoms with Gasteiger partial charge in [0.2, 0.25) is 0 Å². The highest BCUT2D eigenvalue weighted by atomic mass is 32.2. The van der Waals surface area contributed by atoms with E-state index in [0.29, 0.717) is 0 Å². The van der Waals surface area contributed by atoms with Crippen LogP contribution in [0.2, 0.25) is 0 Å². The first kappa shape index (κ1) is 15.7. The van der Waals surface area contributed by atoms with Gasteiger partial charge in [0.15, 0.2) is 0 Å². The summed E-state index contributed by atoms with van der Waals surface area (Å²) in [5.74, 6) is 5.23. The van der Waals surface area contributed by atoms with Gasteiger partial charge in [0, 0.05) is 24.6 Å². The Labute approximate surface area is 105 Å². The molecule has 0 rings (SSSR count). The largest absolute Gasteiger partial charge is 0.315 e. The zero-order chi connectivity index (χ0) is 11.2. The molecule has 0 radical (unpaired) electrons. The Morgan fingerprint density at radius 1 is 0.733 bits per heavy atom. The first-order valence-electron chi connectivity index (χ1n) is 6.28. The third-order valence-electron chi connectivity index (χ3n) is 2.13. The van der Waals surface area contributed by atoms with Crippen molar-refractivity contribution in [1.82, 2.24) is 5.32 Å². The highest BCUT2D eigenvalue weighted by Gasteiger charge is 1.90. The van der Waals surface area contributed by atoms with Crippen LogP contribution in [0.3, 0.4) is 0 Å². The van der Waals surface area contributed by atoms with E-state index in [2.05, 4.69) is 42.7 Å². The number of nitrogens with one attached hydrogen (secondary N) is 1.